The lowest BCUT2D eigenvalue weighted by molar-refractivity contribution is -0.151. The third-order valence-electron chi connectivity index (χ3n) is 2.86. The summed E-state index contributed by atoms with van der Waals surface area (Å²) in [7, 11) is 2.75. The minimum absolute atomic E-state index is 0.689. The van der Waals surface area contributed by atoms with Crippen molar-refractivity contribution < 1.29 is 14.3 Å². The molecular weight excluding hydrogens is 232 g/mol. The molecule has 0 atom stereocenters. The molecule has 0 unspecified atom stereocenters. The van der Waals surface area contributed by atoms with E-state index >= 15 is 0 Å². The molecule has 0 aliphatic carbocycles. The molecule has 0 spiro atoms. The lowest BCUT2D eigenvalue weighted by Crippen LogP contribution is -2.34. The number of anilines is 1. The summed E-state index contributed by atoms with van der Waals surface area (Å²) in [4.78, 5) is 27.6. The maximum atomic E-state index is 11.8. The number of aryl methyl sites for hydroxylation is 1. The first-order valence-corrected chi connectivity index (χ1v) is 5.49. The Hall–Kier alpha value is -2.30. The Labute approximate surface area is 104 Å². The molecule has 0 saturated heterocycles. The van der Waals surface area contributed by atoms with Crippen molar-refractivity contribution in [3.63, 3.8) is 0 Å². The van der Waals surface area contributed by atoms with E-state index in [0.29, 0.717) is 5.69 Å². The number of aromatic amines is 1. The molecule has 1 N–H and O–H groups in total. The van der Waals surface area contributed by atoms with E-state index in [4.69, 9.17) is 0 Å². The second kappa shape index (κ2) is 4.52. The number of nitrogens with zero attached hydrogens (tertiary/aromatic N) is 1. The summed E-state index contributed by atoms with van der Waals surface area (Å²) in [5.74, 6) is -1.56. The number of H-pyrrole nitrogens is 1. The number of hydrogen-bond donors (Lipinski definition) is 1. The smallest absolute Gasteiger partial charge is 0.397 e. The van der Waals surface area contributed by atoms with Gasteiger partial charge in [0.05, 0.1) is 12.8 Å². The van der Waals surface area contributed by atoms with E-state index in [1.807, 2.05) is 31.2 Å². The van der Waals surface area contributed by atoms with Crippen molar-refractivity contribution in [2.24, 2.45) is 0 Å². The van der Waals surface area contributed by atoms with E-state index in [0.717, 1.165) is 16.6 Å². The van der Waals surface area contributed by atoms with Crippen molar-refractivity contribution >= 4 is 28.5 Å². The number of ether oxygens (including phenoxy) is 1. The van der Waals surface area contributed by atoms with Crippen molar-refractivity contribution in [1.82, 2.24) is 4.98 Å². The van der Waals surface area contributed by atoms with E-state index in [2.05, 4.69) is 9.72 Å². The Morgan fingerprint density at radius 1 is 1.28 bits per heavy atom. The van der Waals surface area contributed by atoms with Crippen LogP contribution in [0.15, 0.2) is 24.3 Å². The molecule has 1 amide bonds. The largest absolute Gasteiger partial charge is 0.462 e. The minimum atomic E-state index is -0.873. The summed E-state index contributed by atoms with van der Waals surface area (Å²) in [6.45, 7) is 1.86. The van der Waals surface area contributed by atoms with Gasteiger partial charge in [-0.3, -0.25) is 4.79 Å². The predicted molar refractivity (Wildman–Crippen MR) is 68.5 cm³/mol. The standard InChI is InChI=1S/C13H14N2O3/c1-8-11(15(2)12(16)13(17)18-3)9-6-4-5-7-10(9)14-8/h4-7,14H,1-3H3. The van der Waals surface area contributed by atoms with Gasteiger partial charge in [-0.2, -0.15) is 0 Å². The number of carbonyl (C=O) groups is 2. The van der Waals surface area contributed by atoms with Crippen LogP contribution in [0.2, 0.25) is 0 Å². The molecule has 18 heavy (non-hydrogen) atoms. The van der Waals surface area contributed by atoms with Gasteiger partial charge in [0.2, 0.25) is 0 Å². The van der Waals surface area contributed by atoms with E-state index in [9.17, 15) is 9.59 Å². The van der Waals surface area contributed by atoms with Gasteiger partial charge in [-0.1, -0.05) is 18.2 Å². The van der Waals surface area contributed by atoms with Crippen LogP contribution in [0.4, 0.5) is 5.69 Å². The van der Waals surface area contributed by atoms with E-state index in [1.54, 1.807) is 7.05 Å². The first kappa shape index (κ1) is 12.2. The van der Waals surface area contributed by atoms with Gasteiger partial charge in [0.1, 0.15) is 0 Å². The van der Waals surface area contributed by atoms with Gasteiger partial charge in [-0.15, -0.1) is 0 Å². The van der Waals surface area contributed by atoms with Crippen molar-refractivity contribution in [1.29, 1.82) is 0 Å². The van der Waals surface area contributed by atoms with Crippen molar-refractivity contribution in [3.05, 3.63) is 30.0 Å². The van der Waals surface area contributed by atoms with Crippen molar-refractivity contribution in [2.45, 2.75) is 6.92 Å². The van der Waals surface area contributed by atoms with Crippen LogP contribution in [0.1, 0.15) is 5.69 Å². The monoisotopic (exact) mass is 246 g/mol. The van der Waals surface area contributed by atoms with Gasteiger partial charge >= 0.3 is 11.9 Å². The van der Waals surface area contributed by atoms with E-state index in [1.165, 1.54) is 12.0 Å². The van der Waals surface area contributed by atoms with Crippen LogP contribution < -0.4 is 4.90 Å². The summed E-state index contributed by atoms with van der Waals surface area (Å²) in [5, 5.41) is 0.898. The molecule has 94 valence electrons. The molecule has 0 aliphatic heterocycles. The highest BCUT2D eigenvalue weighted by Crippen LogP contribution is 2.29. The number of para-hydroxylation sites is 1. The number of nitrogens with one attached hydrogen (secondary N) is 1. The maximum absolute atomic E-state index is 11.8. The number of hydrogen-bond acceptors (Lipinski definition) is 3. The molecule has 5 nitrogen and oxygen atoms in total. The second-order valence-corrected chi connectivity index (χ2v) is 4.00. The molecular formula is C13H14N2O3. The average Bonchev–Trinajstić information content (AvgIpc) is 2.71. The van der Waals surface area contributed by atoms with Gasteiger partial charge in [0.15, 0.2) is 0 Å². The lowest BCUT2D eigenvalue weighted by atomic mass is 10.2. The van der Waals surface area contributed by atoms with Gasteiger partial charge < -0.3 is 14.6 Å². The highest BCUT2D eigenvalue weighted by Gasteiger charge is 2.24. The van der Waals surface area contributed by atoms with Crippen LogP contribution in [0.5, 0.6) is 0 Å². The van der Waals surface area contributed by atoms with Crippen molar-refractivity contribution in [2.75, 3.05) is 19.1 Å². The topological polar surface area (TPSA) is 62.4 Å². The molecule has 1 aromatic heterocycles. The Morgan fingerprint density at radius 3 is 2.61 bits per heavy atom. The summed E-state index contributed by atoms with van der Waals surface area (Å²) >= 11 is 0. The summed E-state index contributed by atoms with van der Waals surface area (Å²) in [6.07, 6.45) is 0. The second-order valence-electron chi connectivity index (χ2n) is 4.00. The Balaban J connectivity index is 2.50. The molecule has 5 heteroatoms. The summed E-state index contributed by atoms with van der Waals surface area (Å²) in [5.41, 5.74) is 2.45. The molecule has 0 aliphatic rings. The van der Waals surface area contributed by atoms with Crippen LogP contribution >= 0.6 is 0 Å². The molecule has 1 aromatic carbocycles. The van der Waals surface area contributed by atoms with Gasteiger partial charge in [0.25, 0.3) is 0 Å². The zero-order chi connectivity index (χ0) is 13.3. The van der Waals surface area contributed by atoms with Gasteiger partial charge in [-0.25, -0.2) is 4.79 Å². The predicted octanol–water partition coefficient (Wildman–Crippen LogP) is 1.61. The van der Waals surface area contributed by atoms with Crippen molar-refractivity contribution in [3.8, 4) is 0 Å². The number of likely N-dealkylation sites (N-methyl/N-ethyl adjacent to an activating group) is 1. The molecule has 0 radical (unpaired) electrons. The van der Waals surface area contributed by atoms with Crippen LogP contribution in [0, 0.1) is 6.92 Å². The third-order valence-corrected chi connectivity index (χ3v) is 2.86. The van der Waals surface area contributed by atoms with Gasteiger partial charge in [0, 0.05) is 23.6 Å². The first-order chi connectivity index (χ1) is 8.56. The molecule has 0 saturated carbocycles. The Morgan fingerprint density at radius 2 is 1.94 bits per heavy atom. The quantitative estimate of drug-likeness (QED) is 0.614. The Kier molecular flexibility index (Phi) is 3.06. The SMILES string of the molecule is COC(=O)C(=O)N(C)c1c(C)[nH]c2ccccc12. The number of aromatic nitrogens is 1. The number of carbonyl (C=O) groups excluding carboxylic acids is 2. The summed E-state index contributed by atoms with van der Waals surface area (Å²) in [6, 6.07) is 7.61. The third kappa shape index (κ3) is 1.84. The van der Waals surface area contributed by atoms with Gasteiger partial charge in [-0.05, 0) is 13.0 Å². The van der Waals surface area contributed by atoms with Crippen LogP contribution in [0.25, 0.3) is 10.9 Å². The zero-order valence-electron chi connectivity index (χ0n) is 10.5. The number of methoxy groups -OCH3 is 1. The fraction of sp³-hybridized carbons (Fsp3) is 0.231. The maximum Gasteiger partial charge on any atom is 0.397 e. The number of esters is 1. The molecule has 0 fully saturated rings. The zero-order valence-corrected chi connectivity index (χ0v) is 10.5. The number of amides is 1. The number of rotatable bonds is 1. The first-order valence-electron chi connectivity index (χ1n) is 5.49. The summed E-state index contributed by atoms with van der Waals surface area (Å²) < 4.78 is 4.44. The molecule has 1 heterocycles. The highest BCUT2D eigenvalue weighted by molar-refractivity contribution is 6.38. The normalized spacial score (nSPS) is 10.4. The fourth-order valence-electron chi connectivity index (χ4n) is 2.02. The number of benzene rings is 1. The molecule has 2 aromatic rings. The van der Waals surface area contributed by atoms with Crippen LogP contribution in [0.3, 0.4) is 0 Å². The molecule has 0 bridgehead atoms. The van der Waals surface area contributed by atoms with E-state index < -0.39 is 11.9 Å². The van der Waals surface area contributed by atoms with Crippen LogP contribution in [-0.4, -0.2) is 31.0 Å². The highest BCUT2D eigenvalue weighted by atomic mass is 16.5. The van der Waals surface area contributed by atoms with Crippen LogP contribution in [-0.2, 0) is 14.3 Å². The fourth-order valence-corrected chi connectivity index (χ4v) is 2.02. The number of fused-ring (bicyclic) bond motifs is 1. The van der Waals surface area contributed by atoms with E-state index in [-0.39, 0.29) is 0 Å². The minimum Gasteiger partial charge on any atom is -0.462 e. The lowest BCUT2D eigenvalue weighted by Gasteiger charge is -2.15. The molecule has 2 rings (SSSR count). The Bertz CT molecular complexity index is 616. The average molecular weight is 246 g/mol.